The van der Waals surface area contributed by atoms with E-state index < -0.39 is 30.7 Å². The fourth-order valence-corrected chi connectivity index (χ4v) is 1.20. The van der Waals surface area contributed by atoms with Crippen molar-refractivity contribution in [3.8, 4) is 0 Å². The van der Waals surface area contributed by atoms with Gasteiger partial charge in [0.1, 0.15) is 35.1 Å². The highest BCUT2D eigenvalue weighted by Gasteiger charge is 2.43. The van der Waals surface area contributed by atoms with E-state index in [1.165, 1.54) is 0 Å². The van der Waals surface area contributed by atoms with Crippen LogP contribution in [0.15, 0.2) is 5.11 Å². The van der Waals surface area contributed by atoms with Gasteiger partial charge < -0.3 is 25.2 Å². The Labute approximate surface area is 79.0 Å². The van der Waals surface area contributed by atoms with Crippen LogP contribution in [-0.2, 0) is 4.74 Å². The number of rotatable bonds is 2. The lowest BCUT2D eigenvalue weighted by Gasteiger charge is -2.36. The maximum Gasteiger partial charge on any atom is 0.214 e. The SMILES string of the molecule is N=[N+]=NCC1OC(O)C(O)C(O)C1O. The zero-order valence-electron chi connectivity index (χ0n) is 7.19. The largest absolute Gasteiger partial charge is 0.388 e. The summed E-state index contributed by atoms with van der Waals surface area (Å²) in [6.45, 7) is -0.161. The highest BCUT2D eigenvalue weighted by Crippen LogP contribution is 2.19. The quantitative estimate of drug-likeness (QED) is 0.247. The highest BCUT2D eigenvalue weighted by atomic mass is 16.6. The fourth-order valence-electron chi connectivity index (χ4n) is 1.20. The summed E-state index contributed by atoms with van der Waals surface area (Å²) in [5, 5.41) is 40.0. The average Bonchev–Trinajstić information content (AvgIpc) is 2.18. The van der Waals surface area contributed by atoms with Crippen LogP contribution in [0.1, 0.15) is 0 Å². The van der Waals surface area contributed by atoms with Crippen molar-refractivity contribution in [2.45, 2.75) is 30.7 Å². The molecule has 0 spiro atoms. The lowest BCUT2D eigenvalue weighted by atomic mass is 9.99. The molecule has 0 aromatic heterocycles. The Bertz CT molecular complexity index is 244. The first-order valence-electron chi connectivity index (χ1n) is 3.99. The number of aliphatic hydroxyl groups is 4. The van der Waals surface area contributed by atoms with Gasteiger partial charge in [-0.3, -0.25) is 0 Å². The Morgan fingerprint density at radius 1 is 1.14 bits per heavy atom. The Morgan fingerprint density at radius 3 is 2.36 bits per heavy atom. The molecule has 0 saturated carbocycles. The maximum atomic E-state index is 9.34. The molecule has 5 atom stereocenters. The lowest BCUT2D eigenvalue weighted by Crippen LogP contribution is -2.58. The molecule has 1 aliphatic rings. The fraction of sp³-hybridized carbons (Fsp3) is 1.00. The second kappa shape index (κ2) is 4.56. The van der Waals surface area contributed by atoms with E-state index in [-0.39, 0.29) is 6.54 Å². The van der Waals surface area contributed by atoms with Gasteiger partial charge in [-0.15, -0.1) is 0 Å². The van der Waals surface area contributed by atoms with Gasteiger partial charge in [0.25, 0.3) is 0 Å². The Morgan fingerprint density at radius 2 is 1.79 bits per heavy atom. The molecular formula is C6H12N3O5+. The molecule has 1 fully saturated rings. The molecule has 8 nitrogen and oxygen atoms in total. The van der Waals surface area contributed by atoms with Gasteiger partial charge in [-0.25, -0.2) is 0 Å². The summed E-state index contributed by atoms with van der Waals surface area (Å²) >= 11 is 0. The summed E-state index contributed by atoms with van der Waals surface area (Å²) in [4.78, 5) is 2.69. The van der Waals surface area contributed by atoms with Crippen LogP contribution in [0.25, 0.3) is 0 Å². The first-order chi connectivity index (χ1) is 6.57. The molecule has 0 amide bonds. The van der Waals surface area contributed by atoms with Crippen LogP contribution in [0, 0.1) is 5.53 Å². The molecule has 0 bridgehead atoms. The van der Waals surface area contributed by atoms with E-state index in [9.17, 15) is 10.2 Å². The predicted octanol–water partition coefficient (Wildman–Crippen LogP) is -2.66. The number of hydrogen-bond acceptors (Lipinski definition) is 7. The molecule has 0 radical (unpaired) electrons. The number of ether oxygens (including phenoxy) is 1. The minimum absolute atomic E-state index is 0.161. The van der Waals surface area contributed by atoms with Crippen molar-refractivity contribution < 1.29 is 25.2 Å². The van der Waals surface area contributed by atoms with Crippen molar-refractivity contribution in [1.29, 1.82) is 5.53 Å². The number of hydrogen-bond donors (Lipinski definition) is 5. The maximum absolute atomic E-state index is 9.34. The van der Waals surface area contributed by atoms with Crippen LogP contribution >= 0.6 is 0 Å². The summed E-state index contributed by atoms with van der Waals surface area (Å²) < 4.78 is 4.74. The third-order valence-corrected chi connectivity index (χ3v) is 2.02. The van der Waals surface area contributed by atoms with E-state index in [0.717, 1.165) is 0 Å². The van der Waals surface area contributed by atoms with E-state index >= 15 is 0 Å². The van der Waals surface area contributed by atoms with Gasteiger partial charge in [-0.05, 0) is 0 Å². The van der Waals surface area contributed by atoms with E-state index in [4.69, 9.17) is 20.5 Å². The molecule has 0 aliphatic carbocycles. The van der Waals surface area contributed by atoms with E-state index in [1.807, 2.05) is 0 Å². The topological polar surface area (TPSA) is 140 Å². The van der Waals surface area contributed by atoms with E-state index in [0.29, 0.717) is 0 Å². The van der Waals surface area contributed by atoms with Gasteiger partial charge in [0.05, 0.1) is 0 Å². The monoisotopic (exact) mass is 206 g/mol. The standard InChI is InChI=1S/C6H12N3O5/c7-9-8-1-2-3(10)4(11)5(12)6(13)14-2/h2-7,10-13H,1H2/q+1. The van der Waals surface area contributed by atoms with Gasteiger partial charge in [0.15, 0.2) is 12.8 Å². The smallest absolute Gasteiger partial charge is 0.214 e. The van der Waals surface area contributed by atoms with E-state index in [1.54, 1.807) is 0 Å². The van der Waals surface area contributed by atoms with Gasteiger partial charge in [0, 0.05) is 0 Å². The van der Waals surface area contributed by atoms with Crippen LogP contribution in [0.4, 0.5) is 0 Å². The molecule has 5 unspecified atom stereocenters. The molecule has 0 aromatic carbocycles. The first kappa shape index (κ1) is 11.2. The van der Waals surface area contributed by atoms with Crippen molar-refractivity contribution in [2.75, 3.05) is 6.54 Å². The molecule has 5 N–H and O–H groups in total. The number of nitrogens with one attached hydrogen (secondary N) is 1. The van der Waals surface area contributed by atoms with Gasteiger partial charge >= 0.3 is 0 Å². The van der Waals surface area contributed by atoms with Crippen LogP contribution in [0.2, 0.25) is 0 Å². The third kappa shape index (κ3) is 2.13. The van der Waals surface area contributed by atoms with Crippen molar-refractivity contribution in [2.24, 2.45) is 5.11 Å². The zero-order valence-corrected chi connectivity index (χ0v) is 7.19. The Balaban J connectivity index is 2.64. The molecule has 8 heteroatoms. The molecule has 1 saturated heterocycles. The molecule has 1 aliphatic heterocycles. The van der Waals surface area contributed by atoms with Gasteiger partial charge in [0.2, 0.25) is 4.91 Å². The first-order valence-corrected chi connectivity index (χ1v) is 3.99. The summed E-state index contributed by atoms with van der Waals surface area (Å²) in [6, 6.07) is 0. The van der Waals surface area contributed by atoms with Gasteiger partial charge in [-0.2, -0.15) is 0 Å². The van der Waals surface area contributed by atoms with Crippen LogP contribution in [0.5, 0.6) is 0 Å². The van der Waals surface area contributed by atoms with Crippen LogP contribution < -0.4 is 4.91 Å². The predicted molar refractivity (Wildman–Crippen MR) is 41.0 cm³/mol. The molecule has 14 heavy (non-hydrogen) atoms. The van der Waals surface area contributed by atoms with E-state index in [2.05, 4.69) is 10.0 Å². The van der Waals surface area contributed by atoms with Crippen molar-refractivity contribution in [3.05, 3.63) is 0 Å². The molecule has 1 rings (SSSR count). The molecule has 80 valence electrons. The van der Waals surface area contributed by atoms with Crippen LogP contribution in [-0.4, -0.2) is 57.7 Å². The number of nitrogens with zero attached hydrogens (tertiary/aromatic N) is 2. The molecule has 1 heterocycles. The van der Waals surface area contributed by atoms with Gasteiger partial charge in [-0.1, -0.05) is 0 Å². The third-order valence-electron chi connectivity index (χ3n) is 2.02. The van der Waals surface area contributed by atoms with Crippen LogP contribution in [0.3, 0.4) is 0 Å². The Hall–Kier alpha value is -0.890. The average molecular weight is 206 g/mol. The summed E-state index contributed by atoms with van der Waals surface area (Å²) in [5.74, 6) is 0. The second-order valence-corrected chi connectivity index (χ2v) is 2.96. The highest BCUT2D eigenvalue weighted by molar-refractivity contribution is 4.89. The normalized spacial score (nSPS) is 43.0. The minimum atomic E-state index is -1.57. The second-order valence-electron chi connectivity index (χ2n) is 2.96. The summed E-state index contributed by atoms with van der Waals surface area (Å²) in [6.07, 6.45) is -6.95. The molecular weight excluding hydrogens is 194 g/mol. The zero-order chi connectivity index (χ0) is 10.7. The minimum Gasteiger partial charge on any atom is -0.388 e. The number of aliphatic hydroxyl groups excluding tert-OH is 4. The lowest BCUT2D eigenvalue weighted by molar-refractivity contribution is -0.279. The summed E-state index contributed by atoms with van der Waals surface area (Å²) in [5.41, 5.74) is 6.37. The molecule has 0 aromatic rings. The van der Waals surface area contributed by atoms with Crippen molar-refractivity contribution in [3.63, 3.8) is 0 Å². The van der Waals surface area contributed by atoms with Crippen molar-refractivity contribution in [1.82, 2.24) is 4.91 Å². The Kier molecular flexibility index (Phi) is 3.64. The van der Waals surface area contributed by atoms with Crippen molar-refractivity contribution >= 4 is 0 Å². The summed E-state index contributed by atoms with van der Waals surface area (Å²) in [7, 11) is 0.